The third kappa shape index (κ3) is 3.53. The van der Waals surface area contributed by atoms with Crippen molar-refractivity contribution < 1.29 is 13.3 Å². The molecule has 1 heterocycles. The van der Waals surface area contributed by atoms with Gasteiger partial charge in [0, 0.05) is 10.7 Å². The number of halogens is 1. The van der Waals surface area contributed by atoms with Gasteiger partial charge in [-0.2, -0.15) is 4.68 Å². The first-order valence-corrected chi connectivity index (χ1v) is 6.94. The summed E-state index contributed by atoms with van der Waals surface area (Å²) in [5.74, 6) is -0.751. The van der Waals surface area contributed by atoms with Crippen molar-refractivity contribution in [2.75, 3.05) is 0 Å². The average molecular weight is 280 g/mol. The standard InChI is InChI=1S/C8H10ClN3O4S/c1-2-3-4-5-11-6-7(17(9,15)16)8(10-11)12(13)14/h2,6H,1,3-5H2. The third-order valence-corrected chi connectivity index (χ3v) is 3.25. The van der Waals surface area contributed by atoms with Crippen LogP contribution in [0.15, 0.2) is 23.7 Å². The Morgan fingerprint density at radius 2 is 2.29 bits per heavy atom. The van der Waals surface area contributed by atoms with Crippen LogP contribution >= 0.6 is 10.7 Å². The van der Waals surface area contributed by atoms with Gasteiger partial charge in [-0.1, -0.05) is 6.08 Å². The molecule has 0 aliphatic carbocycles. The maximum atomic E-state index is 11.1. The molecule has 0 aliphatic rings. The molecule has 0 aliphatic heterocycles. The van der Waals surface area contributed by atoms with Crippen LogP contribution in [0.1, 0.15) is 12.8 Å². The number of hydrogen-bond donors (Lipinski definition) is 0. The van der Waals surface area contributed by atoms with Crippen LogP contribution in [0.5, 0.6) is 0 Å². The van der Waals surface area contributed by atoms with Gasteiger partial charge in [-0.3, -0.25) is 0 Å². The summed E-state index contributed by atoms with van der Waals surface area (Å²) in [6.45, 7) is 3.89. The topological polar surface area (TPSA) is 95.1 Å². The number of unbranched alkanes of at least 4 members (excludes halogenated alkanes) is 1. The van der Waals surface area contributed by atoms with Crippen LogP contribution in [0.3, 0.4) is 0 Å². The van der Waals surface area contributed by atoms with Crippen LogP contribution in [0.2, 0.25) is 0 Å². The fraction of sp³-hybridized carbons (Fsp3) is 0.375. The van der Waals surface area contributed by atoms with Gasteiger partial charge in [0.25, 0.3) is 9.05 Å². The smallest absolute Gasteiger partial charge is 0.358 e. The van der Waals surface area contributed by atoms with E-state index in [2.05, 4.69) is 11.7 Å². The van der Waals surface area contributed by atoms with Gasteiger partial charge >= 0.3 is 5.82 Å². The van der Waals surface area contributed by atoms with E-state index in [0.29, 0.717) is 19.4 Å². The summed E-state index contributed by atoms with van der Waals surface area (Å²) < 4.78 is 23.4. The van der Waals surface area contributed by atoms with Crippen LogP contribution in [0.4, 0.5) is 5.82 Å². The molecule has 0 saturated carbocycles. The number of aromatic nitrogens is 2. The zero-order valence-corrected chi connectivity index (χ0v) is 10.3. The Kier molecular flexibility index (Phi) is 4.24. The van der Waals surface area contributed by atoms with E-state index in [4.69, 9.17) is 10.7 Å². The number of nitrogens with zero attached hydrogens (tertiary/aromatic N) is 3. The lowest BCUT2D eigenvalue weighted by Crippen LogP contribution is -1.99. The number of hydrogen-bond acceptors (Lipinski definition) is 5. The van der Waals surface area contributed by atoms with Crippen molar-refractivity contribution in [3.8, 4) is 0 Å². The van der Waals surface area contributed by atoms with Gasteiger partial charge in [0.05, 0.1) is 17.8 Å². The first kappa shape index (κ1) is 13.7. The Hall–Kier alpha value is -1.41. The van der Waals surface area contributed by atoms with Crippen molar-refractivity contribution in [2.24, 2.45) is 0 Å². The molecule has 0 N–H and O–H groups in total. The monoisotopic (exact) mass is 279 g/mol. The van der Waals surface area contributed by atoms with E-state index in [1.807, 2.05) is 0 Å². The largest absolute Gasteiger partial charge is 0.410 e. The summed E-state index contributed by atoms with van der Waals surface area (Å²) in [6, 6.07) is 0. The molecular weight excluding hydrogens is 270 g/mol. The van der Waals surface area contributed by atoms with E-state index >= 15 is 0 Å². The Labute approximate surface area is 102 Å². The first-order chi connectivity index (χ1) is 7.86. The lowest BCUT2D eigenvalue weighted by Gasteiger charge is -1.92. The van der Waals surface area contributed by atoms with Gasteiger partial charge < -0.3 is 10.1 Å². The van der Waals surface area contributed by atoms with Gasteiger partial charge in [-0.05, 0) is 17.8 Å². The minimum Gasteiger partial charge on any atom is -0.358 e. The van der Waals surface area contributed by atoms with E-state index < -0.39 is 24.7 Å². The van der Waals surface area contributed by atoms with E-state index in [9.17, 15) is 18.5 Å². The van der Waals surface area contributed by atoms with Gasteiger partial charge in [0.2, 0.25) is 4.90 Å². The molecule has 1 rings (SSSR count). The molecule has 0 fully saturated rings. The lowest BCUT2D eigenvalue weighted by molar-refractivity contribution is -0.392. The minimum atomic E-state index is -4.16. The van der Waals surface area contributed by atoms with Crippen molar-refractivity contribution in [1.82, 2.24) is 9.78 Å². The molecule has 17 heavy (non-hydrogen) atoms. The van der Waals surface area contributed by atoms with E-state index in [1.54, 1.807) is 6.08 Å². The maximum absolute atomic E-state index is 11.1. The fourth-order valence-corrected chi connectivity index (χ4v) is 2.11. The molecule has 0 unspecified atom stereocenters. The second-order valence-corrected chi connectivity index (χ2v) is 5.74. The second-order valence-electron chi connectivity index (χ2n) is 3.21. The predicted octanol–water partition coefficient (Wildman–Crippen LogP) is 1.69. The van der Waals surface area contributed by atoms with E-state index in [0.717, 1.165) is 6.20 Å². The van der Waals surface area contributed by atoms with Crippen molar-refractivity contribution >= 4 is 25.6 Å². The minimum absolute atomic E-state index is 0.360. The first-order valence-electron chi connectivity index (χ1n) is 4.63. The van der Waals surface area contributed by atoms with Crippen LogP contribution < -0.4 is 0 Å². The summed E-state index contributed by atoms with van der Waals surface area (Å²) in [7, 11) is 0.920. The molecule has 7 nitrogen and oxygen atoms in total. The number of allylic oxidation sites excluding steroid dienone is 1. The van der Waals surface area contributed by atoms with Crippen LogP contribution in [0.25, 0.3) is 0 Å². The third-order valence-electron chi connectivity index (χ3n) is 1.94. The zero-order chi connectivity index (χ0) is 13.1. The Morgan fingerprint density at radius 3 is 2.71 bits per heavy atom. The maximum Gasteiger partial charge on any atom is 0.410 e. The quantitative estimate of drug-likeness (QED) is 0.260. The molecule has 0 bridgehead atoms. The van der Waals surface area contributed by atoms with Crippen LogP contribution in [0, 0.1) is 10.1 Å². The summed E-state index contributed by atoms with van der Waals surface area (Å²) >= 11 is 0. The van der Waals surface area contributed by atoms with Crippen molar-refractivity contribution in [2.45, 2.75) is 24.3 Å². The molecule has 0 radical (unpaired) electrons. The van der Waals surface area contributed by atoms with Gasteiger partial charge in [-0.15, -0.1) is 6.58 Å². The molecule has 0 saturated heterocycles. The molecule has 0 atom stereocenters. The highest BCUT2D eigenvalue weighted by Crippen LogP contribution is 2.25. The number of rotatable bonds is 6. The molecule has 1 aromatic heterocycles. The molecule has 0 amide bonds. The highest BCUT2D eigenvalue weighted by atomic mass is 35.7. The summed E-state index contributed by atoms with van der Waals surface area (Å²) in [5.41, 5.74) is 0. The van der Waals surface area contributed by atoms with E-state index in [-0.39, 0.29) is 0 Å². The highest BCUT2D eigenvalue weighted by Gasteiger charge is 2.29. The number of nitro groups is 1. The van der Waals surface area contributed by atoms with Crippen molar-refractivity contribution in [3.05, 3.63) is 29.0 Å². The SMILES string of the molecule is C=CCCCn1cc(S(=O)(=O)Cl)c([N+](=O)[O-])n1. The molecule has 0 aromatic carbocycles. The highest BCUT2D eigenvalue weighted by molar-refractivity contribution is 8.13. The Balaban J connectivity index is 3.05. The fourth-order valence-electron chi connectivity index (χ4n) is 1.20. The molecular formula is C8H10ClN3O4S. The van der Waals surface area contributed by atoms with Crippen molar-refractivity contribution in [1.29, 1.82) is 0 Å². The van der Waals surface area contributed by atoms with Crippen molar-refractivity contribution in [3.63, 3.8) is 0 Å². The Morgan fingerprint density at radius 1 is 1.65 bits per heavy atom. The normalized spacial score (nSPS) is 11.4. The summed E-state index contributed by atoms with van der Waals surface area (Å²) in [5, 5.41) is 14.2. The molecule has 94 valence electrons. The zero-order valence-electron chi connectivity index (χ0n) is 8.74. The molecule has 1 aromatic rings. The van der Waals surface area contributed by atoms with Crippen LogP contribution in [-0.2, 0) is 15.6 Å². The van der Waals surface area contributed by atoms with E-state index in [1.165, 1.54) is 4.68 Å². The molecule has 0 spiro atoms. The summed E-state index contributed by atoms with van der Waals surface area (Å²) in [6.07, 6.45) is 4.11. The Bertz CT molecular complexity index is 537. The summed E-state index contributed by atoms with van der Waals surface area (Å²) in [4.78, 5) is 9.15. The second kappa shape index (κ2) is 5.28. The van der Waals surface area contributed by atoms with Crippen LogP contribution in [-0.4, -0.2) is 23.1 Å². The predicted molar refractivity (Wildman–Crippen MR) is 61.4 cm³/mol. The van der Waals surface area contributed by atoms with Gasteiger partial charge in [0.1, 0.15) is 0 Å². The van der Waals surface area contributed by atoms with Gasteiger partial charge in [-0.25, -0.2) is 8.42 Å². The lowest BCUT2D eigenvalue weighted by atomic mass is 10.3. The number of aryl methyl sites for hydroxylation is 1. The average Bonchev–Trinajstić information content (AvgIpc) is 2.62. The van der Waals surface area contributed by atoms with Gasteiger partial charge in [0.15, 0.2) is 0 Å². The molecule has 9 heteroatoms.